The monoisotopic (exact) mass is 217 g/mol. The molecule has 0 spiro atoms. The Bertz CT molecular complexity index is 373. The fourth-order valence-electron chi connectivity index (χ4n) is 2.81. The Hall–Kier alpha value is -0.820. The van der Waals surface area contributed by atoms with Crippen LogP contribution in [0.25, 0.3) is 0 Å². The molecule has 1 aliphatic rings. The van der Waals surface area contributed by atoms with Crippen molar-refractivity contribution < 1.29 is 0 Å². The lowest BCUT2D eigenvalue weighted by atomic mass is 9.84. The van der Waals surface area contributed by atoms with E-state index in [0.29, 0.717) is 5.92 Å². The van der Waals surface area contributed by atoms with Gasteiger partial charge in [-0.25, -0.2) is 0 Å². The first-order valence-electron chi connectivity index (χ1n) is 6.43. The highest BCUT2D eigenvalue weighted by molar-refractivity contribution is 5.38. The Labute approximate surface area is 99.0 Å². The molecule has 2 N–H and O–H groups in total. The summed E-state index contributed by atoms with van der Waals surface area (Å²) in [6.45, 7) is 6.67. The lowest BCUT2D eigenvalue weighted by Gasteiger charge is -2.27. The summed E-state index contributed by atoms with van der Waals surface area (Å²) in [4.78, 5) is 0. The maximum absolute atomic E-state index is 6.55. The molecule has 0 saturated heterocycles. The van der Waals surface area contributed by atoms with E-state index in [4.69, 9.17) is 5.73 Å². The Morgan fingerprint density at radius 1 is 1.19 bits per heavy atom. The molecule has 0 aromatic heterocycles. The summed E-state index contributed by atoms with van der Waals surface area (Å²) in [5, 5.41) is 0. The van der Waals surface area contributed by atoms with Gasteiger partial charge in [-0.3, -0.25) is 0 Å². The summed E-state index contributed by atoms with van der Waals surface area (Å²) in [5.74, 6) is 0.587. The minimum absolute atomic E-state index is 0.0466. The highest BCUT2D eigenvalue weighted by atomic mass is 14.8. The van der Waals surface area contributed by atoms with E-state index in [2.05, 4.69) is 39.0 Å². The van der Waals surface area contributed by atoms with Gasteiger partial charge in [0.2, 0.25) is 0 Å². The molecule has 0 atom stereocenters. The van der Waals surface area contributed by atoms with Gasteiger partial charge in [0.1, 0.15) is 0 Å². The Kier molecular flexibility index (Phi) is 3.07. The van der Waals surface area contributed by atoms with Crippen LogP contribution in [0.2, 0.25) is 0 Å². The average molecular weight is 217 g/mol. The standard InChI is InChI=1S/C15H23N/c1-11(2)13-7-6-12(3)14(10-13)15(16)8-4-5-9-15/h6-7,10-11H,4-5,8-9,16H2,1-3H3. The molecule has 1 nitrogen and oxygen atoms in total. The molecule has 0 unspecified atom stereocenters. The van der Waals surface area contributed by atoms with E-state index in [1.807, 2.05) is 0 Å². The van der Waals surface area contributed by atoms with E-state index in [1.54, 1.807) is 0 Å². The number of aryl methyl sites for hydroxylation is 1. The topological polar surface area (TPSA) is 26.0 Å². The number of rotatable bonds is 2. The number of nitrogens with two attached hydrogens (primary N) is 1. The van der Waals surface area contributed by atoms with Crippen LogP contribution < -0.4 is 5.73 Å². The van der Waals surface area contributed by atoms with Gasteiger partial charge in [-0.1, -0.05) is 44.9 Å². The lowest BCUT2D eigenvalue weighted by molar-refractivity contribution is 0.458. The van der Waals surface area contributed by atoms with Gasteiger partial charge in [0.25, 0.3) is 0 Å². The molecule has 0 amide bonds. The Morgan fingerprint density at radius 2 is 1.81 bits per heavy atom. The first kappa shape index (κ1) is 11.7. The highest BCUT2D eigenvalue weighted by Crippen LogP contribution is 2.38. The first-order chi connectivity index (χ1) is 7.53. The van der Waals surface area contributed by atoms with Crippen molar-refractivity contribution in [3.63, 3.8) is 0 Å². The Balaban J connectivity index is 2.42. The minimum Gasteiger partial charge on any atom is -0.321 e. The van der Waals surface area contributed by atoms with E-state index < -0.39 is 0 Å². The van der Waals surface area contributed by atoms with E-state index >= 15 is 0 Å². The van der Waals surface area contributed by atoms with Crippen LogP contribution in [0.5, 0.6) is 0 Å². The normalized spacial score (nSPS) is 19.3. The molecule has 0 heterocycles. The summed E-state index contributed by atoms with van der Waals surface area (Å²) >= 11 is 0. The van der Waals surface area contributed by atoms with E-state index in [1.165, 1.54) is 29.5 Å². The maximum Gasteiger partial charge on any atom is 0.0412 e. The second kappa shape index (κ2) is 4.21. The van der Waals surface area contributed by atoms with Crippen LogP contribution in [0, 0.1) is 6.92 Å². The molecule has 88 valence electrons. The Morgan fingerprint density at radius 3 is 2.38 bits per heavy atom. The van der Waals surface area contributed by atoms with Crippen LogP contribution in [0.1, 0.15) is 62.1 Å². The number of hydrogen-bond donors (Lipinski definition) is 1. The molecule has 1 heteroatoms. The van der Waals surface area contributed by atoms with Crippen LogP contribution >= 0.6 is 0 Å². The van der Waals surface area contributed by atoms with Gasteiger partial charge < -0.3 is 5.73 Å². The summed E-state index contributed by atoms with van der Waals surface area (Å²) in [5.41, 5.74) is 10.7. The zero-order valence-corrected chi connectivity index (χ0v) is 10.7. The molecule has 1 aromatic carbocycles. The highest BCUT2D eigenvalue weighted by Gasteiger charge is 2.32. The third-order valence-electron chi connectivity index (χ3n) is 3.96. The van der Waals surface area contributed by atoms with Gasteiger partial charge in [0.05, 0.1) is 0 Å². The first-order valence-corrected chi connectivity index (χ1v) is 6.43. The largest absolute Gasteiger partial charge is 0.321 e. The minimum atomic E-state index is -0.0466. The zero-order chi connectivity index (χ0) is 11.8. The van der Waals surface area contributed by atoms with E-state index in [9.17, 15) is 0 Å². The van der Waals surface area contributed by atoms with E-state index in [0.717, 1.165) is 12.8 Å². The van der Waals surface area contributed by atoms with Crippen molar-refractivity contribution in [1.82, 2.24) is 0 Å². The third-order valence-corrected chi connectivity index (χ3v) is 3.96. The maximum atomic E-state index is 6.55. The van der Waals surface area contributed by atoms with Crippen molar-refractivity contribution in [1.29, 1.82) is 0 Å². The molecule has 1 saturated carbocycles. The van der Waals surface area contributed by atoms with Crippen molar-refractivity contribution in [2.75, 3.05) is 0 Å². The molecule has 16 heavy (non-hydrogen) atoms. The van der Waals surface area contributed by atoms with Gasteiger partial charge in [-0.15, -0.1) is 0 Å². The second-order valence-corrected chi connectivity index (χ2v) is 5.59. The van der Waals surface area contributed by atoms with Crippen molar-refractivity contribution in [3.05, 3.63) is 34.9 Å². The van der Waals surface area contributed by atoms with Crippen LogP contribution in [-0.4, -0.2) is 0 Å². The summed E-state index contributed by atoms with van der Waals surface area (Å²) in [6.07, 6.45) is 4.86. The molecular weight excluding hydrogens is 194 g/mol. The van der Waals surface area contributed by atoms with Crippen LogP contribution in [0.4, 0.5) is 0 Å². The fourth-order valence-corrected chi connectivity index (χ4v) is 2.81. The SMILES string of the molecule is Cc1ccc(C(C)C)cc1C1(N)CCCC1. The van der Waals surface area contributed by atoms with Crippen LogP contribution in [0.3, 0.4) is 0 Å². The van der Waals surface area contributed by atoms with Crippen molar-refractivity contribution in [2.24, 2.45) is 5.73 Å². The molecule has 1 fully saturated rings. The molecule has 0 aliphatic heterocycles. The van der Waals surface area contributed by atoms with Crippen molar-refractivity contribution >= 4 is 0 Å². The van der Waals surface area contributed by atoms with Gasteiger partial charge in [-0.05, 0) is 42.4 Å². The van der Waals surface area contributed by atoms with E-state index in [-0.39, 0.29) is 5.54 Å². The number of benzene rings is 1. The summed E-state index contributed by atoms with van der Waals surface area (Å²) in [6, 6.07) is 6.81. The fraction of sp³-hybridized carbons (Fsp3) is 0.600. The summed E-state index contributed by atoms with van der Waals surface area (Å²) < 4.78 is 0. The molecule has 0 bridgehead atoms. The van der Waals surface area contributed by atoms with Gasteiger partial charge in [0, 0.05) is 5.54 Å². The molecule has 2 rings (SSSR count). The predicted octanol–water partition coefficient (Wildman–Crippen LogP) is 3.85. The quantitative estimate of drug-likeness (QED) is 0.800. The lowest BCUT2D eigenvalue weighted by Crippen LogP contribution is -2.34. The number of hydrogen-bond acceptors (Lipinski definition) is 1. The average Bonchev–Trinajstić information content (AvgIpc) is 2.66. The second-order valence-electron chi connectivity index (χ2n) is 5.59. The predicted molar refractivity (Wildman–Crippen MR) is 69.6 cm³/mol. The van der Waals surface area contributed by atoms with Gasteiger partial charge in [0.15, 0.2) is 0 Å². The third kappa shape index (κ3) is 2.01. The van der Waals surface area contributed by atoms with Crippen LogP contribution in [-0.2, 0) is 5.54 Å². The van der Waals surface area contributed by atoms with Crippen LogP contribution in [0.15, 0.2) is 18.2 Å². The molecular formula is C15H23N. The van der Waals surface area contributed by atoms with Crippen molar-refractivity contribution in [3.8, 4) is 0 Å². The van der Waals surface area contributed by atoms with Gasteiger partial charge in [-0.2, -0.15) is 0 Å². The zero-order valence-electron chi connectivity index (χ0n) is 10.7. The smallest absolute Gasteiger partial charge is 0.0412 e. The summed E-state index contributed by atoms with van der Waals surface area (Å²) in [7, 11) is 0. The molecule has 1 aliphatic carbocycles. The molecule has 1 aromatic rings. The molecule has 0 radical (unpaired) electrons. The van der Waals surface area contributed by atoms with Crippen molar-refractivity contribution in [2.45, 2.75) is 57.9 Å². The van der Waals surface area contributed by atoms with Gasteiger partial charge >= 0.3 is 0 Å².